The first kappa shape index (κ1) is 14.3. The smallest absolute Gasteiger partial charge is 0.407 e. The van der Waals surface area contributed by atoms with E-state index in [4.69, 9.17) is 4.74 Å². The topological polar surface area (TPSA) is 38.3 Å². The minimum Gasteiger partial charge on any atom is -0.444 e. The zero-order valence-electron chi connectivity index (χ0n) is 11.2. The van der Waals surface area contributed by atoms with Gasteiger partial charge in [0.1, 0.15) is 11.4 Å². The molecule has 2 rings (SSSR count). The van der Waals surface area contributed by atoms with Gasteiger partial charge < -0.3 is 10.1 Å². The lowest BCUT2D eigenvalue weighted by molar-refractivity contribution is 0.0523. The molecule has 1 aromatic rings. The van der Waals surface area contributed by atoms with Crippen molar-refractivity contribution in [2.75, 3.05) is 0 Å². The van der Waals surface area contributed by atoms with Gasteiger partial charge in [-0.15, -0.1) is 0 Å². The minimum absolute atomic E-state index is 0.0374. The van der Waals surface area contributed by atoms with Gasteiger partial charge in [-0.2, -0.15) is 0 Å². The van der Waals surface area contributed by atoms with E-state index in [-0.39, 0.29) is 17.8 Å². The van der Waals surface area contributed by atoms with E-state index in [9.17, 15) is 9.18 Å². The Labute approximate surface area is 120 Å². The number of alkyl carbamates (subject to hydrolysis) is 1. The third-order valence-electron chi connectivity index (χ3n) is 2.86. The molecule has 1 aliphatic carbocycles. The maximum atomic E-state index is 13.4. The van der Waals surface area contributed by atoms with Crippen LogP contribution in [-0.2, 0) is 4.74 Å². The standard InChI is InChI=1S/C14H17BrFNO2/c1-14(2,3)19-13(18)17-12-7-9(12)8-4-5-10(15)11(16)6-8/h4-6,9,12H,7H2,1-3H3,(H,17,18)/t9-,12+/m0/s1. The molecule has 1 amide bonds. The van der Waals surface area contributed by atoms with Crippen molar-refractivity contribution >= 4 is 22.0 Å². The van der Waals surface area contributed by atoms with E-state index in [1.165, 1.54) is 6.07 Å². The molecule has 0 spiro atoms. The summed E-state index contributed by atoms with van der Waals surface area (Å²) in [4.78, 5) is 11.6. The van der Waals surface area contributed by atoms with Gasteiger partial charge in [0.15, 0.2) is 0 Å². The highest BCUT2D eigenvalue weighted by atomic mass is 79.9. The summed E-state index contributed by atoms with van der Waals surface area (Å²) in [6, 6.07) is 5.10. The molecule has 0 heterocycles. The van der Waals surface area contributed by atoms with Gasteiger partial charge >= 0.3 is 6.09 Å². The van der Waals surface area contributed by atoms with Crippen LogP contribution in [0, 0.1) is 5.82 Å². The number of halogens is 2. The van der Waals surface area contributed by atoms with Crippen molar-refractivity contribution in [3.8, 4) is 0 Å². The summed E-state index contributed by atoms with van der Waals surface area (Å²) in [6.07, 6.45) is 0.401. The summed E-state index contributed by atoms with van der Waals surface area (Å²) in [5.41, 5.74) is 0.403. The van der Waals surface area contributed by atoms with Crippen molar-refractivity contribution in [2.45, 2.75) is 44.8 Å². The Kier molecular flexibility index (Phi) is 3.85. The van der Waals surface area contributed by atoms with Gasteiger partial charge in [-0.3, -0.25) is 0 Å². The third kappa shape index (κ3) is 3.93. The molecule has 3 nitrogen and oxygen atoms in total. The number of ether oxygens (including phenoxy) is 1. The van der Waals surface area contributed by atoms with Gasteiger partial charge in [-0.05, 0) is 60.8 Å². The molecule has 1 aromatic carbocycles. The first-order chi connectivity index (χ1) is 8.76. The van der Waals surface area contributed by atoms with Crippen LogP contribution in [-0.4, -0.2) is 17.7 Å². The average Bonchev–Trinajstić information content (AvgIpc) is 2.98. The molecule has 0 aromatic heterocycles. The zero-order valence-corrected chi connectivity index (χ0v) is 12.8. The fraction of sp³-hybridized carbons (Fsp3) is 0.500. The number of carbonyl (C=O) groups is 1. The Balaban J connectivity index is 1.90. The molecule has 1 fully saturated rings. The summed E-state index contributed by atoms with van der Waals surface area (Å²) in [6.45, 7) is 5.46. The molecule has 5 heteroatoms. The first-order valence-corrected chi connectivity index (χ1v) is 7.00. The van der Waals surface area contributed by atoms with Crippen LogP contribution in [0.3, 0.4) is 0 Å². The van der Waals surface area contributed by atoms with Crippen LogP contribution < -0.4 is 5.32 Å². The highest BCUT2D eigenvalue weighted by Crippen LogP contribution is 2.41. The quantitative estimate of drug-likeness (QED) is 0.891. The Morgan fingerprint density at radius 3 is 2.74 bits per heavy atom. The Hall–Kier alpha value is -1.10. The van der Waals surface area contributed by atoms with E-state index in [0.717, 1.165) is 12.0 Å². The van der Waals surface area contributed by atoms with Gasteiger partial charge in [-0.25, -0.2) is 9.18 Å². The molecule has 0 aliphatic heterocycles. The third-order valence-corrected chi connectivity index (χ3v) is 3.51. The maximum Gasteiger partial charge on any atom is 0.407 e. The second-order valence-corrected chi connectivity index (χ2v) is 6.62. The predicted octanol–water partition coefficient (Wildman–Crippen LogP) is 3.97. The average molecular weight is 330 g/mol. The zero-order chi connectivity index (χ0) is 14.2. The second kappa shape index (κ2) is 5.12. The van der Waals surface area contributed by atoms with E-state index < -0.39 is 11.7 Å². The molecule has 104 valence electrons. The lowest BCUT2D eigenvalue weighted by atomic mass is 10.1. The monoisotopic (exact) mass is 329 g/mol. The molecule has 2 atom stereocenters. The van der Waals surface area contributed by atoms with Crippen molar-refractivity contribution in [3.63, 3.8) is 0 Å². The summed E-state index contributed by atoms with van der Waals surface area (Å²) in [5, 5.41) is 2.80. The van der Waals surface area contributed by atoms with Crippen LogP contribution >= 0.6 is 15.9 Å². The highest BCUT2D eigenvalue weighted by molar-refractivity contribution is 9.10. The Bertz CT molecular complexity index is 499. The summed E-state index contributed by atoms with van der Waals surface area (Å²) in [5.74, 6) is -0.101. The normalized spacial score (nSPS) is 21.9. The van der Waals surface area contributed by atoms with Crippen LogP contribution in [0.4, 0.5) is 9.18 Å². The summed E-state index contributed by atoms with van der Waals surface area (Å²) >= 11 is 3.12. The predicted molar refractivity (Wildman–Crippen MR) is 74.6 cm³/mol. The van der Waals surface area contributed by atoms with Gasteiger partial charge in [0, 0.05) is 12.0 Å². The fourth-order valence-electron chi connectivity index (χ4n) is 1.92. The summed E-state index contributed by atoms with van der Waals surface area (Å²) in [7, 11) is 0. The minimum atomic E-state index is -0.502. The first-order valence-electron chi connectivity index (χ1n) is 6.21. The lowest BCUT2D eigenvalue weighted by Gasteiger charge is -2.19. The Morgan fingerprint density at radius 2 is 2.16 bits per heavy atom. The van der Waals surface area contributed by atoms with Gasteiger partial charge in [0.2, 0.25) is 0 Å². The number of carbonyl (C=O) groups excluding carboxylic acids is 1. The van der Waals surface area contributed by atoms with Crippen molar-refractivity contribution < 1.29 is 13.9 Å². The van der Waals surface area contributed by atoms with Gasteiger partial charge in [0.25, 0.3) is 0 Å². The molecule has 0 unspecified atom stereocenters. The van der Waals surface area contributed by atoms with Crippen LogP contribution in [0.5, 0.6) is 0 Å². The van der Waals surface area contributed by atoms with Crippen LogP contribution in [0.2, 0.25) is 0 Å². The van der Waals surface area contributed by atoms with Crippen LogP contribution in [0.1, 0.15) is 38.7 Å². The SMILES string of the molecule is CC(C)(C)OC(=O)N[C@@H]1C[C@H]1c1ccc(Br)c(F)c1. The molecule has 0 bridgehead atoms. The van der Waals surface area contributed by atoms with Crippen molar-refractivity contribution in [1.29, 1.82) is 0 Å². The number of benzene rings is 1. The van der Waals surface area contributed by atoms with Crippen molar-refractivity contribution in [3.05, 3.63) is 34.1 Å². The van der Waals surface area contributed by atoms with Crippen LogP contribution in [0.15, 0.2) is 22.7 Å². The maximum absolute atomic E-state index is 13.4. The number of hydrogen-bond donors (Lipinski definition) is 1. The number of nitrogens with one attached hydrogen (secondary N) is 1. The van der Waals surface area contributed by atoms with Crippen LogP contribution in [0.25, 0.3) is 0 Å². The summed E-state index contributed by atoms with van der Waals surface area (Å²) < 4.78 is 19.1. The Morgan fingerprint density at radius 1 is 1.47 bits per heavy atom. The number of amides is 1. The molecule has 1 saturated carbocycles. The lowest BCUT2D eigenvalue weighted by Crippen LogP contribution is -2.34. The molecule has 1 N–H and O–H groups in total. The van der Waals surface area contributed by atoms with E-state index in [2.05, 4.69) is 21.2 Å². The van der Waals surface area contributed by atoms with Crippen molar-refractivity contribution in [1.82, 2.24) is 5.32 Å². The van der Waals surface area contributed by atoms with Crippen molar-refractivity contribution in [2.24, 2.45) is 0 Å². The van der Waals surface area contributed by atoms with Gasteiger partial charge in [-0.1, -0.05) is 6.07 Å². The molecule has 0 saturated heterocycles. The molecule has 0 radical (unpaired) electrons. The molecular formula is C14H17BrFNO2. The van der Waals surface area contributed by atoms with E-state index in [1.807, 2.05) is 26.8 Å². The molecular weight excluding hydrogens is 313 g/mol. The number of rotatable bonds is 2. The molecule has 1 aliphatic rings. The fourth-order valence-corrected chi connectivity index (χ4v) is 2.17. The second-order valence-electron chi connectivity index (χ2n) is 5.77. The van der Waals surface area contributed by atoms with E-state index >= 15 is 0 Å². The van der Waals surface area contributed by atoms with E-state index in [0.29, 0.717) is 4.47 Å². The highest BCUT2D eigenvalue weighted by Gasteiger charge is 2.40. The number of hydrogen-bond acceptors (Lipinski definition) is 2. The molecule has 19 heavy (non-hydrogen) atoms. The van der Waals surface area contributed by atoms with Gasteiger partial charge in [0.05, 0.1) is 4.47 Å². The largest absolute Gasteiger partial charge is 0.444 e. The van der Waals surface area contributed by atoms with E-state index in [1.54, 1.807) is 6.07 Å².